The molecule has 0 spiro atoms. The van der Waals surface area contributed by atoms with Crippen molar-refractivity contribution in [2.24, 2.45) is 11.7 Å². The molecule has 0 aromatic heterocycles. The lowest BCUT2D eigenvalue weighted by molar-refractivity contribution is -0.128. The minimum atomic E-state index is 0.196. The minimum Gasteiger partial charge on any atom is -0.381 e. The number of rotatable bonds is 3. The average Bonchev–Trinajstić information content (AvgIpc) is 2.23. The Balaban J connectivity index is 1.68. The molecule has 2 fully saturated rings. The van der Waals surface area contributed by atoms with Gasteiger partial charge in [0.1, 0.15) is 0 Å². The molecule has 1 amide bonds. The van der Waals surface area contributed by atoms with Crippen LogP contribution in [-0.2, 0) is 9.53 Å². The third-order valence-corrected chi connectivity index (χ3v) is 3.92. The summed E-state index contributed by atoms with van der Waals surface area (Å²) < 4.78 is 5.19. The molecule has 0 unspecified atom stereocenters. The molecular formula is C12H22N2O2. The summed E-state index contributed by atoms with van der Waals surface area (Å²) in [4.78, 5) is 11.9. The van der Waals surface area contributed by atoms with E-state index in [1.165, 1.54) is 0 Å². The van der Waals surface area contributed by atoms with Crippen molar-refractivity contribution in [3.63, 3.8) is 0 Å². The highest BCUT2D eigenvalue weighted by atomic mass is 16.5. The van der Waals surface area contributed by atoms with E-state index in [0.717, 1.165) is 38.5 Å². The highest BCUT2D eigenvalue weighted by Crippen LogP contribution is 2.26. The van der Waals surface area contributed by atoms with E-state index in [1.54, 1.807) is 7.11 Å². The maximum absolute atomic E-state index is 11.9. The fraction of sp³-hybridized carbons (Fsp3) is 0.917. The lowest BCUT2D eigenvalue weighted by atomic mass is 9.84. The van der Waals surface area contributed by atoms with Crippen molar-refractivity contribution in [3.8, 4) is 0 Å². The third kappa shape index (κ3) is 2.74. The molecular weight excluding hydrogens is 204 g/mol. The first-order chi connectivity index (χ1) is 7.69. The van der Waals surface area contributed by atoms with Crippen LogP contribution in [0.15, 0.2) is 0 Å². The molecule has 4 heteroatoms. The molecule has 2 aliphatic rings. The number of nitrogens with two attached hydrogens (primary N) is 1. The smallest absolute Gasteiger partial charge is 0.223 e. The number of carbonyl (C=O) groups excluding carboxylic acids is 1. The molecule has 0 aromatic rings. The molecule has 0 bridgehead atoms. The summed E-state index contributed by atoms with van der Waals surface area (Å²) >= 11 is 0. The predicted octanol–water partition coefficient (Wildman–Crippen LogP) is 0.797. The minimum absolute atomic E-state index is 0.196. The molecule has 0 aromatic carbocycles. The Hall–Kier alpha value is -0.610. The Morgan fingerprint density at radius 3 is 2.44 bits per heavy atom. The van der Waals surface area contributed by atoms with E-state index in [1.807, 2.05) is 0 Å². The molecule has 0 saturated heterocycles. The fourth-order valence-corrected chi connectivity index (χ4v) is 2.58. The van der Waals surface area contributed by atoms with Crippen molar-refractivity contribution in [2.45, 2.75) is 56.7 Å². The molecule has 92 valence electrons. The lowest BCUT2D eigenvalue weighted by Gasteiger charge is -2.36. The van der Waals surface area contributed by atoms with E-state index in [2.05, 4.69) is 5.32 Å². The number of amides is 1. The van der Waals surface area contributed by atoms with E-state index in [0.29, 0.717) is 18.2 Å². The summed E-state index contributed by atoms with van der Waals surface area (Å²) in [5, 5.41) is 3.11. The summed E-state index contributed by atoms with van der Waals surface area (Å²) in [6.45, 7) is 0. The monoisotopic (exact) mass is 226 g/mol. The SMILES string of the molecule is COC1CC(NC(=O)C2CCC(N)CC2)C1. The molecule has 0 aliphatic heterocycles. The third-order valence-electron chi connectivity index (χ3n) is 3.92. The Morgan fingerprint density at radius 1 is 1.25 bits per heavy atom. The van der Waals surface area contributed by atoms with Crippen LogP contribution in [0.5, 0.6) is 0 Å². The average molecular weight is 226 g/mol. The largest absolute Gasteiger partial charge is 0.381 e. The zero-order valence-corrected chi connectivity index (χ0v) is 9.95. The number of hydrogen-bond acceptors (Lipinski definition) is 3. The van der Waals surface area contributed by atoms with Crippen molar-refractivity contribution in [1.82, 2.24) is 5.32 Å². The summed E-state index contributed by atoms with van der Waals surface area (Å²) in [6, 6.07) is 0.652. The summed E-state index contributed by atoms with van der Waals surface area (Å²) in [5.74, 6) is 0.424. The lowest BCUT2D eigenvalue weighted by Crippen LogP contribution is -2.49. The zero-order valence-electron chi connectivity index (χ0n) is 9.95. The van der Waals surface area contributed by atoms with Gasteiger partial charge in [-0.15, -0.1) is 0 Å². The first kappa shape index (κ1) is 11.9. The Kier molecular flexibility index (Phi) is 3.82. The van der Waals surface area contributed by atoms with Gasteiger partial charge in [0.05, 0.1) is 6.10 Å². The van der Waals surface area contributed by atoms with Gasteiger partial charge in [-0.05, 0) is 38.5 Å². The summed E-state index contributed by atoms with van der Waals surface area (Å²) in [6.07, 6.45) is 6.17. The van der Waals surface area contributed by atoms with Crippen LogP contribution in [-0.4, -0.2) is 31.2 Å². The van der Waals surface area contributed by atoms with E-state index in [9.17, 15) is 4.79 Å². The van der Waals surface area contributed by atoms with Gasteiger partial charge in [0.15, 0.2) is 0 Å². The normalized spacial score (nSPS) is 38.9. The molecule has 0 radical (unpaired) electrons. The second kappa shape index (κ2) is 5.15. The van der Waals surface area contributed by atoms with Crippen LogP contribution in [0.25, 0.3) is 0 Å². The molecule has 2 saturated carbocycles. The van der Waals surface area contributed by atoms with Crippen molar-refractivity contribution in [3.05, 3.63) is 0 Å². The molecule has 2 rings (SSSR count). The van der Waals surface area contributed by atoms with Gasteiger partial charge in [0.2, 0.25) is 5.91 Å². The zero-order chi connectivity index (χ0) is 11.5. The highest BCUT2D eigenvalue weighted by molar-refractivity contribution is 5.79. The maximum atomic E-state index is 11.9. The van der Waals surface area contributed by atoms with Crippen LogP contribution in [0, 0.1) is 5.92 Å². The van der Waals surface area contributed by atoms with Gasteiger partial charge in [-0.3, -0.25) is 4.79 Å². The highest BCUT2D eigenvalue weighted by Gasteiger charge is 2.32. The molecule has 16 heavy (non-hydrogen) atoms. The summed E-state index contributed by atoms with van der Waals surface area (Å²) in [7, 11) is 1.73. The van der Waals surface area contributed by atoms with Crippen LogP contribution < -0.4 is 11.1 Å². The number of methoxy groups -OCH3 is 1. The molecule has 3 N–H and O–H groups in total. The van der Waals surface area contributed by atoms with Crippen LogP contribution in [0.1, 0.15) is 38.5 Å². The number of nitrogens with one attached hydrogen (secondary N) is 1. The quantitative estimate of drug-likeness (QED) is 0.748. The standard InChI is InChI=1S/C12H22N2O2/c1-16-11-6-10(7-11)14-12(15)8-2-4-9(13)5-3-8/h8-11H,2-7,13H2,1H3,(H,14,15). The van der Waals surface area contributed by atoms with E-state index < -0.39 is 0 Å². The van der Waals surface area contributed by atoms with Gasteiger partial charge in [0, 0.05) is 25.1 Å². The topological polar surface area (TPSA) is 64.3 Å². The second-order valence-electron chi connectivity index (χ2n) is 5.15. The fourth-order valence-electron chi connectivity index (χ4n) is 2.58. The van der Waals surface area contributed by atoms with Gasteiger partial charge in [-0.1, -0.05) is 0 Å². The van der Waals surface area contributed by atoms with Crippen LogP contribution >= 0.6 is 0 Å². The molecule has 2 aliphatic carbocycles. The van der Waals surface area contributed by atoms with Gasteiger partial charge in [-0.25, -0.2) is 0 Å². The number of carbonyl (C=O) groups is 1. The van der Waals surface area contributed by atoms with Gasteiger partial charge < -0.3 is 15.8 Å². The number of ether oxygens (including phenoxy) is 1. The van der Waals surface area contributed by atoms with Crippen molar-refractivity contribution < 1.29 is 9.53 Å². The molecule has 0 atom stereocenters. The van der Waals surface area contributed by atoms with Gasteiger partial charge in [-0.2, -0.15) is 0 Å². The van der Waals surface area contributed by atoms with Gasteiger partial charge in [0.25, 0.3) is 0 Å². The predicted molar refractivity (Wildman–Crippen MR) is 61.9 cm³/mol. The van der Waals surface area contributed by atoms with Crippen LogP contribution in [0.2, 0.25) is 0 Å². The first-order valence-electron chi connectivity index (χ1n) is 6.27. The first-order valence-corrected chi connectivity index (χ1v) is 6.27. The summed E-state index contributed by atoms with van der Waals surface area (Å²) in [5.41, 5.74) is 5.82. The second-order valence-corrected chi connectivity index (χ2v) is 5.15. The van der Waals surface area contributed by atoms with E-state index in [4.69, 9.17) is 10.5 Å². The van der Waals surface area contributed by atoms with E-state index in [-0.39, 0.29) is 11.8 Å². The van der Waals surface area contributed by atoms with Crippen molar-refractivity contribution in [1.29, 1.82) is 0 Å². The van der Waals surface area contributed by atoms with Crippen molar-refractivity contribution >= 4 is 5.91 Å². The molecule has 4 nitrogen and oxygen atoms in total. The van der Waals surface area contributed by atoms with Crippen LogP contribution in [0.4, 0.5) is 0 Å². The Labute approximate surface area is 96.9 Å². The Bertz CT molecular complexity index is 243. The van der Waals surface area contributed by atoms with Crippen molar-refractivity contribution in [2.75, 3.05) is 7.11 Å². The Morgan fingerprint density at radius 2 is 1.88 bits per heavy atom. The molecule has 0 heterocycles. The number of hydrogen-bond donors (Lipinski definition) is 2. The van der Waals surface area contributed by atoms with Crippen LogP contribution in [0.3, 0.4) is 0 Å². The van der Waals surface area contributed by atoms with E-state index >= 15 is 0 Å². The van der Waals surface area contributed by atoms with Gasteiger partial charge >= 0.3 is 0 Å². The maximum Gasteiger partial charge on any atom is 0.223 e.